The molecule has 0 radical (unpaired) electrons. The number of amides is 2. The van der Waals surface area contributed by atoms with Gasteiger partial charge >= 0.3 is 12.1 Å². The predicted molar refractivity (Wildman–Crippen MR) is 62.6 cm³/mol. The summed E-state index contributed by atoms with van der Waals surface area (Å²) in [6.07, 6.45) is -0.786. The van der Waals surface area contributed by atoms with Crippen LogP contribution in [0.3, 0.4) is 0 Å². The summed E-state index contributed by atoms with van der Waals surface area (Å²) >= 11 is 0. The Labute approximate surface area is 106 Å². The number of carbonyl (C=O) groups excluding carboxylic acids is 3. The molecule has 0 aromatic carbocycles. The van der Waals surface area contributed by atoms with E-state index in [1.165, 1.54) is 7.11 Å². The Kier molecular flexibility index (Phi) is 3.79. The van der Waals surface area contributed by atoms with Crippen LogP contribution in [-0.2, 0) is 19.1 Å². The zero-order chi connectivity index (χ0) is 14.1. The van der Waals surface area contributed by atoms with Crippen LogP contribution >= 0.6 is 0 Å². The maximum atomic E-state index is 11.9. The summed E-state index contributed by atoms with van der Waals surface area (Å²) in [5.41, 5.74) is -0.557. The predicted octanol–water partition coefficient (Wildman–Crippen LogP) is 1.25. The number of hydrogen-bond donors (Lipinski definition) is 0. The molecule has 0 aromatic rings. The molecule has 1 saturated heterocycles. The van der Waals surface area contributed by atoms with Crippen molar-refractivity contribution in [2.24, 2.45) is 0 Å². The molecule has 6 heteroatoms. The molecule has 6 nitrogen and oxygen atoms in total. The molecule has 1 fully saturated rings. The normalized spacial score (nSPS) is 20.0. The van der Waals surface area contributed by atoms with Gasteiger partial charge in [0.1, 0.15) is 11.6 Å². The van der Waals surface area contributed by atoms with Gasteiger partial charge in [0.2, 0.25) is 0 Å². The van der Waals surface area contributed by atoms with E-state index in [1.807, 2.05) is 0 Å². The summed E-state index contributed by atoms with van der Waals surface area (Å²) in [5.74, 6) is -1.26. The monoisotopic (exact) mass is 255 g/mol. The second kappa shape index (κ2) is 4.80. The topological polar surface area (TPSA) is 72.9 Å². The maximum absolute atomic E-state index is 11.9. The Balaban J connectivity index is 2.95. The zero-order valence-electron chi connectivity index (χ0n) is 11.0. The molecule has 1 atom stereocenters. The number of nitrogens with zero attached hydrogens (tertiary/aromatic N) is 1. The molecule has 0 saturated carbocycles. The minimum absolute atomic E-state index is 0.0742. The number of methoxy groups -OCH3 is 1. The first kappa shape index (κ1) is 14.2. The van der Waals surface area contributed by atoms with Gasteiger partial charge in [0.25, 0.3) is 5.91 Å². The van der Waals surface area contributed by atoms with Gasteiger partial charge in [-0.15, -0.1) is 0 Å². The summed E-state index contributed by atoms with van der Waals surface area (Å²) in [4.78, 5) is 35.9. The standard InChI is InChI=1S/C12H17NO5/c1-7-6-8(10(15)17-5)13(9(7)14)11(16)18-12(2,3)4/h8H,1,6H2,2-5H3. The Morgan fingerprint density at radius 1 is 1.39 bits per heavy atom. The lowest BCUT2D eigenvalue weighted by Gasteiger charge is -2.25. The van der Waals surface area contributed by atoms with Crippen molar-refractivity contribution >= 4 is 18.0 Å². The summed E-state index contributed by atoms with van der Waals surface area (Å²) in [7, 11) is 1.20. The average molecular weight is 255 g/mol. The van der Waals surface area contributed by atoms with Gasteiger partial charge < -0.3 is 9.47 Å². The molecule has 2 amide bonds. The first-order valence-corrected chi connectivity index (χ1v) is 5.49. The molecular formula is C12H17NO5. The molecule has 1 unspecified atom stereocenters. The van der Waals surface area contributed by atoms with Crippen LogP contribution in [0.4, 0.5) is 4.79 Å². The maximum Gasteiger partial charge on any atom is 0.418 e. The molecule has 0 aliphatic carbocycles. The van der Waals surface area contributed by atoms with Crippen molar-refractivity contribution in [1.29, 1.82) is 0 Å². The highest BCUT2D eigenvalue weighted by atomic mass is 16.6. The highest BCUT2D eigenvalue weighted by Crippen LogP contribution is 2.25. The van der Waals surface area contributed by atoms with Crippen molar-refractivity contribution in [3.8, 4) is 0 Å². The second-order valence-corrected chi connectivity index (χ2v) is 5.00. The van der Waals surface area contributed by atoms with Gasteiger partial charge in [0, 0.05) is 12.0 Å². The number of hydrogen-bond acceptors (Lipinski definition) is 5. The second-order valence-electron chi connectivity index (χ2n) is 5.00. The van der Waals surface area contributed by atoms with Crippen LogP contribution in [0.15, 0.2) is 12.2 Å². The van der Waals surface area contributed by atoms with E-state index >= 15 is 0 Å². The van der Waals surface area contributed by atoms with E-state index < -0.39 is 29.6 Å². The molecule has 1 aliphatic rings. The first-order chi connectivity index (χ1) is 8.17. The molecule has 1 heterocycles. The highest BCUT2D eigenvalue weighted by molar-refractivity contribution is 6.08. The van der Waals surface area contributed by atoms with E-state index in [1.54, 1.807) is 20.8 Å². The number of likely N-dealkylation sites (tertiary alicyclic amines) is 1. The minimum atomic E-state index is -0.982. The molecule has 0 spiro atoms. The SMILES string of the molecule is C=C1CC(C(=O)OC)N(C(=O)OC(C)(C)C)C1=O. The number of imide groups is 1. The van der Waals surface area contributed by atoms with Crippen LogP contribution in [0.5, 0.6) is 0 Å². The molecular weight excluding hydrogens is 238 g/mol. The molecule has 0 bridgehead atoms. The summed E-state index contributed by atoms with van der Waals surface area (Å²) in [5, 5.41) is 0. The van der Waals surface area contributed by atoms with Crippen LogP contribution in [0.2, 0.25) is 0 Å². The zero-order valence-corrected chi connectivity index (χ0v) is 11.0. The third-order valence-corrected chi connectivity index (χ3v) is 2.34. The van der Waals surface area contributed by atoms with Crippen LogP contribution in [0, 0.1) is 0 Å². The van der Waals surface area contributed by atoms with Crippen LogP contribution < -0.4 is 0 Å². The van der Waals surface area contributed by atoms with Crippen molar-refractivity contribution in [3.63, 3.8) is 0 Å². The van der Waals surface area contributed by atoms with E-state index in [2.05, 4.69) is 11.3 Å². The molecule has 1 rings (SSSR count). The Morgan fingerprint density at radius 2 is 1.94 bits per heavy atom. The van der Waals surface area contributed by atoms with Crippen molar-refractivity contribution in [2.45, 2.75) is 38.8 Å². The Bertz CT molecular complexity index is 407. The molecule has 18 heavy (non-hydrogen) atoms. The number of rotatable bonds is 1. The fourth-order valence-corrected chi connectivity index (χ4v) is 1.57. The number of carbonyl (C=O) groups is 3. The van der Waals surface area contributed by atoms with Gasteiger partial charge in [-0.3, -0.25) is 4.79 Å². The van der Waals surface area contributed by atoms with Gasteiger partial charge in [0.05, 0.1) is 7.11 Å². The lowest BCUT2D eigenvalue weighted by Crippen LogP contribution is -2.45. The van der Waals surface area contributed by atoms with Crippen LogP contribution in [0.1, 0.15) is 27.2 Å². The van der Waals surface area contributed by atoms with Crippen molar-refractivity contribution in [3.05, 3.63) is 12.2 Å². The van der Waals surface area contributed by atoms with Crippen molar-refractivity contribution in [1.82, 2.24) is 4.90 Å². The largest absolute Gasteiger partial charge is 0.467 e. The first-order valence-electron chi connectivity index (χ1n) is 5.49. The third kappa shape index (κ3) is 2.88. The summed E-state index contributed by atoms with van der Waals surface area (Å²) < 4.78 is 9.64. The van der Waals surface area contributed by atoms with E-state index in [0.717, 1.165) is 4.90 Å². The smallest absolute Gasteiger partial charge is 0.418 e. The van der Waals surface area contributed by atoms with Crippen LogP contribution in [0.25, 0.3) is 0 Å². The van der Waals surface area contributed by atoms with Crippen molar-refractivity contribution < 1.29 is 23.9 Å². The van der Waals surface area contributed by atoms with E-state index in [9.17, 15) is 14.4 Å². The molecule has 1 aliphatic heterocycles. The van der Waals surface area contributed by atoms with E-state index in [0.29, 0.717) is 0 Å². The van der Waals surface area contributed by atoms with Gasteiger partial charge in [0.15, 0.2) is 0 Å². The van der Waals surface area contributed by atoms with Gasteiger partial charge in [-0.1, -0.05) is 6.58 Å². The molecule has 0 N–H and O–H groups in total. The lowest BCUT2D eigenvalue weighted by molar-refractivity contribution is -0.148. The van der Waals surface area contributed by atoms with Crippen molar-refractivity contribution in [2.75, 3.05) is 7.11 Å². The number of ether oxygens (including phenoxy) is 2. The van der Waals surface area contributed by atoms with Gasteiger partial charge in [-0.2, -0.15) is 0 Å². The average Bonchev–Trinajstić information content (AvgIpc) is 2.52. The molecule has 100 valence electrons. The third-order valence-electron chi connectivity index (χ3n) is 2.34. The number of esters is 1. The Morgan fingerprint density at radius 3 is 2.39 bits per heavy atom. The fourth-order valence-electron chi connectivity index (χ4n) is 1.57. The van der Waals surface area contributed by atoms with E-state index in [4.69, 9.17) is 4.74 Å². The van der Waals surface area contributed by atoms with Crippen LogP contribution in [-0.4, -0.2) is 41.6 Å². The lowest BCUT2D eigenvalue weighted by atomic mass is 10.2. The van der Waals surface area contributed by atoms with Gasteiger partial charge in [-0.05, 0) is 20.8 Å². The highest BCUT2D eigenvalue weighted by Gasteiger charge is 2.45. The summed E-state index contributed by atoms with van der Waals surface area (Å²) in [6.45, 7) is 8.55. The quantitative estimate of drug-likeness (QED) is 0.521. The molecule has 0 aromatic heterocycles. The fraction of sp³-hybridized carbons (Fsp3) is 0.583. The Hall–Kier alpha value is -1.85. The summed E-state index contributed by atoms with van der Waals surface area (Å²) in [6, 6.07) is -0.982. The minimum Gasteiger partial charge on any atom is -0.467 e. The van der Waals surface area contributed by atoms with E-state index in [-0.39, 0.29) is 12.0 Å². The van der Waals surface area contributed by atoms with Gasteiger partial charge in [-0.25, -0.2) is 14.5 Å².